The number of benzene rings is 1. The van der Waals surface area contributed by atoms with Gasteiger partial charge >= 0.3 is 0 Å². The molecule has 1 rings (SSSR count). The topological polar surface area (TPSA) is 30.5 Å². The third-order valence-electron chi connectivity index (χ3n) is 3.06. The number of hydrogen-bond acceptors (Lipinski definition) is 3. The number of ether oxygens (including phenoxy) is 2. The molecule has 0 saturated carbocycles. The van der Waals surface area contributed by atoms with Crippen LogP contribution >= 0.6 is 0 Å². The van der Waals surface area contributed by atoms with Crippen LogP contribution in [0.3, 0.4) is 0 Å². The van der Waals surface area contributed by atoms with E-state index in [1.807, 2.05) is 0 Å². The maximum atomic E-state index is 5.67. The molecule has 19 heavy (non-hydrogen) atoms. The van der Waals surface area contributed by atoms with Gasteiger partial charge in [0.25, 0.3) is 0 Å². The molecule has 1 unspecified atom stereocenters. The number of nitrogens with one attached hydrogen (secondary N) is 1. The average Bonchev–Trinajstić information content (AvgIpc) is 2.42. The summed E-state index contributed by atoms with van der Waals surface area (Å²) in [5, 5.41) is 3.44. The molecule has 0 amide bonds. The van der Waals surface area contributed by atoms with Crippen molar-refractivity contribution in [3.8, 4) is 0 Å². The van der Waals surface area contributed by atoms with Crippen molar-refractivity contribution in [1.29, 1.82) is 0 Å². The van der Waals surface area contributed by atoms with Gasteiger partial charge in [0.2, 0.25) is 0 Å². The van der Waals surface area contributed by atoms with E-state index in [9.17, 15) is 0 Å². The van der Waals surface area contributed by atoms with Crippen molar-refractivity contribution in [2.75, 3.05) is 33.4 Å². The van der Waals surface area contributed by atoms with Gasteiger partial charge < -0.3 is 14.8 Å². The zero-order chi connectivity index (χ0) is 13.9. The quantitative estimate of drug-likeness (QED) is 0.660. The first-order chi connectivity index (χ1) is 9.24. The Morgan fingerprint density at radius 2 is 1.84 bits per heavy atom. The summed E-state index contributed by atoms with van der Waals surface area (Å²) < 4.78 is 10.7. The van der Waals surface area contributed by atoms with Crippen LogP contribution in [0.15, 0.2) is 30.3 Å². The Balaban J connectivity index is 2.43. The second-order valence-electron chi connectivity index (χ2n) is 5.01. The Labute approximate surface area is 117 Å². The minimum absolute atomic E-state index is 0.304. The van der Waals surface area contributed by atoms with Gasteiger partial charge in [-0.25, -0.2) is 0 Å². The fourth-order valence-corrected chi connectivity index (χ4v) is 2.01. The van der Waals surface area contributed by atoms with Crippen LogP contribution in [0.2, 0.25) is 0 Å². The van der Waals surface area contributed by atoms with E-state index >= 15 is 0 Å². The van der Waals surface area contributed by atoms with Gasteiger partial charge in [-0.2, -0.15) is 0 Å². The first-order valence-electron chi connectivity index (χ1n) is 7.10. The molecular formula is C16H27NO2. The third kappa shape index (κ3) is 7.31. The Morgan fingerprint density at radius 3 is 2.47 bits per heavy atom. The van der Waals surface area contributed by atoms with Crippen molar-refractivity contribution in [1.82, 2.24) is 5.32 Å². The van der Waals surface area contributed by atoms with E-state index in [-0.39, 0.29) is 0 Å². The molecule has 3 heteroatoms. The lowest BCUT2D eigenvalue weighted by Crippen LogP contribution is -2.26. The molecule has 0 bridgehead atoms. The molecular weight excluding hydrogens is 238 g/mol. The van der Waals surface area contributed by atoms with Gasteiger partial charge in [0.1, 0.15) is 0 Å². The predicted octanol–water partition coefficient (Wildman–Crippen LogP) is 2.82. The van der Waals surface area contributed by atoms with E-state index in [4.69, 9.17) is 9.47 Å². The molecule has 1 N–H and O–H groups in total. The molecule has 0 aliphatic carbocycles. The Hall–Kier alpha value is -0.900. The fourth-order valence-electron chi connectivity index (χ4n) is 2.01. The van der Waals surface area contributed by atoms with Crippen LogP contribution in [-0.4, -0.2) is 39.5 Å². The monoisotopic (exact) mass is 265 g/mol. The normalized spacial score (nSPS) is 12.8. The molecule has 1 aromatic carbocycles. The summed E-state index contributed by atoms with van der Waals surface area (Å²) in [6.45, 7) is 7.58. The standard InChI is InChI=1S/C16H27NO2/c1-14(2)19-11-9-16(13-17-10-12-18-3)15-7-5-4-6-8-15/h4-8,14,16-17H,9-13H2,1-3H3. The highest BCUT2D eigenvalue weighted by atomic mass is 16.5. The second-order valence-corrected chi connectivity index (χ2v) is 5.01. The zero-order valence-electron chi connectivity index (χ0n) is 12.4. The minimum Gasteiger partial charge on any atom is -0.383 e. The Kier molecular flexibility index (Phi) is 8.47. The lowest BCUT2D eigenvalue weighted by atomic mass is 9.96. The first kappa shape index (κ1) is 16.2. The van der Waals surface area contributed by atoms with Crippen LogP contribution in [0.4, 0.5) is 0 Å². The average molecular weight is 265 g/mol. The smallest absolute Gasteiger partial charge is 0.0587 e. The van der Waals surface area contributed by atoms with E-state index in [1.165, 1.54) is 5.56 Å². The van der Waals surface area contributed by atoms with Crippen molar-refractivity contribution < 1.29 is 9.47 Å². The predicted molar refractivity (Wildman–Crippen MR) is 79.6 cm³/mol. The summed E-state index contributed by atoms with van der Waals surface area (Å²) in [7, 11) is 1.73. The van der Waals surface area contributed by atoms with Crippen LogP contribution in [0, 0.1) is 0 Å². The summed E-state index contributed by atoms with van der Waals surface area (Å²) in [4.78, 5) is 0. The van der Waals surface area contributed by atoms with Crippen LogP contribution in [0.5, 0.6) is 0 Å². The van der Waals surface area contributed by atoms with E-state index in [0.717, 1.165) is 32.7 Å². The summed E-state index contributed by atoms with van der Waals surface area (Å²) in [6.07, 6.45) is 1.35. The van der Waals surface area contributed by atoms with Gasteiger partial charge in [-0.1, -0.05) is 30.3 Å². The van der Waals surface area contributed by atoms with Crippen molar-refractivity contribution in [2.24, 2.45) is 0 Å². The number of methoxy groups -OCH3 is 1. The number of rotatable bonds is 10. The molecule has 0 spiro atoms. The summed E-state index contributed by atoms with van der Waals surface area (Å²) >= 11 is 0. The van der Waals surface area contributed by atoms with Crippen LogP contribution in [-0.2, 0) is 9.47 Å². The summed E-state index contributed by atoms with van der Waals surface area (Å²) in [5.41, 5.74) is 1.37. The summed E-state index contributed by atoms with van der Waals surface area (Å²) in [5.74, 6) is 0.497. The molecule has 0 saturated heterocycles. The molecule has 0 aliphatic heterocycles. The van der Waals surface area contributed by atoms with Gasteiger partial charge in [-0.3, -0.25) is 0 Å². The first-order valence-corrected chi connectivity index (χ1v) is 7.10. The van der Waals surface area contributed by atoms with Crippen LogP contribution in [0.1, 0.15) is 31.7 Å². The van der Waals surface area contributed by atoms with Crippen molar-refractivity contribution in [2.45, 2.75) is 32.3 Å². The molecule has 3 nitrogen and oxygen atoms in total. The molecule has 108 valence electrons. The zero-order valence-corrected chi connectivity index (χ0v) is 12.4. The lowest BCUT2D eigenvalue weighted by molar-refractivity contribution is 0.0731. The maximum Gasteiger partial charge on any atom is 0.0587 e. The highest BCUT2D eigenvalue weighted by Crippen LogP contribution is 2.18. The molecule has 1 aromatic rings. The molecule has 0 heterocycles. The van der Waals surface area contributed by atoms with Gasteiger partial charge in [-0.05, 0) is 31.7 Å². The van der Waals surface area contributed by atoms with Crippen molar-refractivity contribution in [3.05, 3.63) is 35.9 Å². The SMILES string of the molecule is COCCNCC(CCOC(C)C)c1ccccc1. The minimum atomic E-state index is 0.304. The van der Waals surface area contributed by atoms with Crippen molar-refractivity contribution in [3.63, 3.8) is 0 Å². The van der Waals surface area contributed by atoms with Gasteiger partial charge in [0.15, 0.2) is 0 Å². The van der Waals surface area contributed by atoms with Gasteiger partial charge in [0.05, 0.1) is 12.7 Å². The molecule has 0 radical (unpaired) electrons. The molecule has 0 aromatic heterocycles. The number of hydrogen-bond donors (Lipinski definition) is 1. The molecule has 1 atom stereocenters. The van der Waals surface area contributed by atoms with E-state index in [0.29, 0.717) is 12.0 Å². The highest BCUT2D eigenvalue weighted by Gasteiger charge is 2.11. The van der Waals surface area contributed by atoms with Gasteiger partial charge in [0, 0.05) is 26.8 Å². The fraction of sp³-hybridized carbons (Fsp3) is 0.625. The van der Waals surface area contributed by atoms with Crippen molar-refractivity contribution >= 4 is 0 Å². The Bertz CT molecular complexity index is 314. The maximum absolute atomic E-state index is 5.67. The largest absolute Gasteiger partial charge is 0.383 e. The van der Waals surface area contributed by atoms with E-state index in [1.54, 1.807) is 7.11 Å². The highest BCUT2D eigenvalue weighted by molar-refractivity contribution is 5.19. The Morgan fingerprint density at radius 1 is 1.11 bits per heavy atom. The van der Waals surface area contributed by atoms with Crippen LogP contribution in [0.25, 0.3) is 0 Å². The van der Waals surface area contributed by atoms with Crippen LogP contribution < -0.4 is 5.32 Å². The molecule has 0 aliphatic rings. The summed E-state index contributed by atoms with van der Waals surface area (Å²) in [6, 6.07) is 10.6. The lowest BCUT2D eigenvalue weighted by Gasteiger charge is -2.19. The van der Waals surface area contributed by atoms with E-state index in [2.05, 4.69) is 49.5 Å². The van der Waals surface area contributed by atoms with E-state index < -0.39 is 0 Å². The van der Waals surface area contributed by atoms with Gasteiger partial charge in [-0.15, -0.1) is 0 Å². The second kappa shape index (κ2) is 9.96. The third-order valence-corrected chi connectivity index (χ3v) is 3.06. The molecule has 0 fully saturated rings.